The van der Waals surface area contributed by atoms with E-state index < -0.39 is 0 Å². The van der Waals surface area contributed by atoms with Gasteiger partial charge in [0.05, 0.1) is 17.9 Å². The van der Waals surface area contributed by atoms with Crippen LogP contribution < -0.4 is 10.6 Å². The van der Waals surface area contributed by atoms with Gasteiger partial charge in [0, 0.05) is 30.8 Å². The molecule has 2 aromatic rings. The fourth-order valence-corrected chi connectivity index (χ4v) is 3.25. The molecular weight excluding hydrogens is 268 g/mol. The number of aromatic amines is 2. The quantitative estimate of drug-likeness (QED) is 0.649. The van der Waals surface area contributed by atoms with E-state index in [4.69, 9.17) is 0 Å². The summed E-state index contributed by atoms with van der Waals surface area (Å²) in [7, 11) is 0. The van der Waals surface area contributed by atoms with Gasteiger partial charge in [0.1, 0.15) is 0 Å². The Bertz CT molecular complexity index is 673. The van der Waals surface area contributed by atoms with E-state index in [1.807, 2.05) is 6.20 Å². The summed E-state index contributed by atoms with van der Waals surface area (Å²) in [5, 5.41) is 20.7. The first-order chi connectivity index (χ1) is 10.3. The number of carbonyl (C=O) groups excluding carboxylic acids is 1. The number of rotatable bonds is 2. The molecule has 1 aliphatic heterocycles. The number of hydrogen-bond donors (Lipinski definition) is 4. The van der Waals surface area contributed by atoms with Gasteiger partial charge >= 0.3 is 0 Å². The summed E-state index contributed by atoms with van der Waals surface area (Å²) < 4.78 is 0. The number of nitrogens with one attached hydrogen (secondary N) is 4. The second kappa shape index (κ2) is 5.00. The molecule has 3 heterocycles. The lowest BCUT2D eigenvalue weighted by atomic mass is 9.93. The molecule has 2 aliphatic rings. The Balaban J connectivity index is 1.56. The van der Waals surface area contributed by atoms with Gasteiger partial charge in [-0.1, -0.05) is 0 Å². The first-order valence-electron chi connectivity index (χ1n) is 7.43. The van der Waals surface area contributed by atoms with Crippen molar-refractivity contribution in [2.45, 2.75) is 38.3 Å². The van der Waals surface area contributed by atoms with E-state index in [9.17, 15) is 4.79 Å². The molecule has 4 N–H and O–H groups in total. The molecule has 4 rings (SSSR count). The Morgan fingerprint density at radius 1 is 1.33 bits per heavy atom. The molecule has 1 aliphatic carbocycles. The van der Waals surface area contributed by atoms with Gasteiger partial charge in [-0.15, -0.1) is 0 Å². The Labute approximate surface area is 121 Å². The molecular formula is C14H18N6O. The Kier molecular flexibility index (Phi) is 2.99. The zero-order valence-electron chi connectivity index (χ0n) is 11.7. The zero-order chi connectivity index (χ0) is 14.2. The van der Waals surface area contributed by atoms with E-state index in [0.29, 0.717) is 12.2 Å². The number of nitrogens with zero attached hydrogens (tertiary/aromatic N) is 2. The maximum atomic E-state index is 12.5. The van der Waals surface area contributed by atoms with E-state index in [-0.39, 0.29) is 11.9 Å². The third-order valence-electron chi connectivity index (χ3n) is 4.37. The average Bonchev–Trinajstić information content (AvgIpc) is 3.14. The van der Waals surface area contributed by atoms with Gasteiger partial charge in [-0.3, -0.25) is 15.0 Å². The van der Waals surface area contributed by atoms with Gasteiger partial charge in [-0.25, -0.2) is 0 Å². The van der Waals surface area contributed by atoms with Crippen LogP contribution in [0.1, 0.15) is 51.9 Å². The normalized spacial score (nSPS) is 20.7. The van der Waals surface area contributed by atoms with Crippen molar-refractivity contribution in [1.29, 1.82) is 0 Å². The highest BCUT2D eigenvalue weighted by molar-refractivity contribution is 5.94. The standard InChI is InChI=1S/C14H18N6O/c21-14(13-9-7-15-5-4-10(9)18-20-13)17-11-3-1-2-8-6-16-19-12(8)11/h6,11,15H,1-5,7H2,(H,16,19)(H,17,21)(H,18,20). The highest BCUT2D eigenvalue weighted by Crippen LogP contribution is 2.28. The minimum Gasteiger partial charge on any atom is -0.342 e. The van der Waals surface area contributed by atoms with E-state index in [0.717, 1.165) is 49.2 Å². The summed E-state index contributed by atoms with van der Waals surface area (Å²) in [4.78, 5) is 12.5. The van der Waals surface area contributed by atoms with E-state index in [1.54, 1.807) is 0 Å². The summed E-state index contributed by atoms with van der Waals surface area (Å²) >= 11 is 0. The van der Waals surface area contributed by atoms with Crippen molar-refractivity contribution < 1.29 is 4.79 Å². The van der Waals surface area contributed by atoms with Crippen molar-refractivity contribution in [1.82, 2.24) is 31.0 Å². The summed E-state index contributed by atoms with van der Waals surface area (Å²) in [5.41, 5.74) is 4.84. The molecule has 7 nitrogen and oxygen atoms in total. The fraction of sp³-hybridized carbons (Fsp3) is 0.500. The van der Waals surface area contributed by atoms with Gasteiger partial charge in [0.2, 0.25) is 0 Å². The molecule has 0 radical (unpaired) electrons. The number of H-pyrrole nitrogens is 2. The Morgan fingerprint density at radius 2 is 2.29 bits per heavy atom. The second-order valence-electron chi connectivity index (χ2n) is 5.68. The number of fused-ring (bicyclic) bond motifs is 2. The lowest BCUT2D eigenvalue weighted by Crippen LogP contribution is -2.33. The number of aromatic nitrogens is 4. The van der Waals surface area contributed by atoms with Crippen LogP contribution in [0.2, 0.25) is 0 Å². The van der Waals surface area contributed by atoms with Crippen LogP contribution in [0.3, 0.4) is 0 Å². The maximum Gasteiger partial charge on any atom is 0.272 e. The summed E-state index contributed by atoms with van der Waals surface area (Å²) in [6.07, 6.45) is 5.78. The average molecular weight is 286 g/mol. The molecule has 1 amide bonds. The van der Waals surface area contributed by atoms with Crippen LogP contribution in [0.5, 0.6) is 0 Å². The van der Waals surface area contributed by atoms with Crippen LogP contribution in [-0.4, -0.2) is 32.8 Å². The predicted molar refractivity (Wildman–Crippen MR) is 75.7 cm³/mol. The van der Waals surface area contributed by atoms with Crippen LogP contribution >= 0.6 is 0 Å². The number of hydrogen-bond acceptors (Lipinski definition) is 4. The summed E-state index contributed by atoms with van der Waals surface area (Å²) in [6.45, 7) is 1.63. The summed E-state index contributed by atoms with van der Waals surface area (Å²) in [5.74, 6) is -0.108. The molecule has 0 spiro atoms. The molecule has 21 heavy (non-hydrogen) atoms. The van der Waals surface area contributed by atoms with Crippen molar-refractivity contribution in [3.05, 3.63) is 34.4 Å². The molecule has 1 atom stereocenters. The first kappa shape index (κ1) is 12.6. The van der Waals surface area contributed by atoms with E-state index in [2.05, 4.69) is 31.0 Å². The predicted octanol–water partition coefficient (Wildman–Crippen LogP) is 0.586. The SMILES string of the molecule is O=C(NC1CCCc2cn[nH]c21)c1n[nH]c2c1CNCC2. The smallest absolute Gasteiger partial charge is 0.272 e. The van der Waals surface area contributed by atoms with Crippen LogP contribution in [-0.2, 0) is 19.4 Å². The molecule has 2 aromatic heterocycles. The number of carbonyl (C=O) groups is 1. The van der Waals surface area contributed by atoms with Crippen LogP contribution in [0.4, 0.5) is 0 Å². The van der Waals surface area contributed by atoms with Crippen molar-refractivity contribution in [3.63, 3.8) is 0 Å². The van der Waals surface area contributed by atoms with Crippen molar-refractivity contribution in [2.24, 2.45) is 0 Å². The minimum absolute atomic E-state index is 0.00708. The Hall–Kier alpha value is -2.15. The largest absolute Gasteiger partial charge is 0.342 e. The van der Waals surface area contributed by atoms with Crippen molar-refractivity contribution in [3.8, 4) is 0 Å². The number of aryl methyl sites for hydroxylation is 1. The summed E-state index contributed by atoms with van der Waals surface area (Å²) in [6, 6.07) is 0.00708. The third-order valence-corrected chi connectivity index (χ3v) is 4.37. The lowest BCUT2D eigenvalue weighted by molar-refractivity contribution is 0.0925. The molecule has 0 aromatic carbocycles. The van der Waals surface area contributed by atoms with Gasteiger partial charge < -0.3 is 10.6 Å². The second-order valence-corrected chi connectivity index (χ2v) is 5.68. The molecule has 110 valence electrons. The van der Waals surface area contributed by atoms with Gasteiger partial charge in [0.25, 0.3) is 5.91 Å². The molecule has 0 bridgehead atoms. The highest BCUT2D eigenvalue weighted by Gasteiger charge is 2.27. The highest BCUT2D eigenvalue weighted by atomic mass is 16.2. The minimum atomic E-state index is -0.108. The van der Waals surface area contributed by atoms with Crippen LogP contribution in [0.25, 0.3) is 0 Å². The first-order valence-corrected chi connectivity index (χ1v) is 7.43. The lowest BCUT2D eigenvalue weighted by Gasteiger charge is -2.23. The van der Waals surface area contributed by atoms with Gasteiger partial charge in [-0.2, -0.15) is 10.2 Å². The molecule has 0 saturated carbocycles. The van der Waals surface area contributed by atoms with Crippen molar-refractivity contribution in [2.75, 3.05) is 6.54 Å². The van der Waals surface area contributed by atoms with E-state index in [1.165, 1.54) is 5.56 Å². The fourth-order valence-electron chi connectivity index (χ4n) is 3.25. The van der Waals surface area contributed by atoms with Gasteiger partial charge in [0.15, 0.2) is 5.69 Å². The van der Waals surface area contributed by atoms with Gasteiger partial charge in [-0.05, 0) is 24.8 Å². The third kappa shape index (κ3) is 2.13. The van der Waals surface area contributed by atoms with Crippen LogP contribution in [0.15, 0.2) is 6.20 Å². The molecule has 0 fully saturated rings. The van der Waals surface area contributed by atoms with Crippen molar-refractivity contribution >= 4 is 5.91 Å². The topological polar surface area (TPSA) is 98.5 Å². The molecule has 7 heteroatoms. The van der Waals surface area contributed by atoms with Crippen LogP contribution in [0, 0.1) is 0 Å². The van der Waals surface area contributed by atoms with E-state index >= 15 is 0 Å². The zero-order valence-corrected chi connectivity index (χ0v) is 11.7. The molecule has 1 unspecified atom stereocenters. The number of amides is 1. The Morgan fingerprint density at radius 3 is 3.24 bits per heavy atom. The molecule has 0 saturated heterocycles. The maximum absolute atomic E-state index is 12.5. The monoisotopic (exact) mass is 286 g/mol.